The maximum Gasteiger partial charge on any atom is 0.257 e. The first-order valence-corrected chi connectivity index (χ1v) is 15.2. The van der Waals surface area contributed by atoms with Crippen LogP contribution in [0.4, 0.5) is 10.1 Å². The summed E-state index contributed by atoms with van der Waals surface area (Å²) in [6.07, 6.45) is 9.90. The van der Waals surface area contributed by atoms with Gasteiger partial charge >= 0.3 is 0 Å². The molecule has 0 spiro atoms. The van der Waals surface area contributed by atoms with E-state index in [0.717, 1.165) is 29.9 Å². The van der Waals surface area contributed by atoms with E-state index in [9.17, 15) is 9.59 Å². The third-order valence-corrected chi connectivity index (χ3v) is 8.72. The number of amides is 2. The molecule has 42 heavy (non-hydrogen) atoms. The molecule has 0 radical (unpaired) electrons. The molecule has 2 amide bonds. The van der Waals surface area contributed by atoms with Gasteiger partial charge in [0.15, 0.2) is 0 Å². The van der Waals surface area contributed by atoms with Crippen LogP contribution in [0.5, 0.6) is 0 Å². The van der Waals surface area contributed by atoms with E-state index in [-0.39, 0.29) is 34.8 Å². The molecule has 7 heteroatoms. The Bertz CT molecular complexity index is 1330. The molecule has 0 bridgehead atoms. The molecule has 224 valence electrons. The summed E-state index contributed by atoms with van der Waals surface area (Å²) in [6.45, 7) is 10.1. The van der Waals surface area contributed by atoms with Crippen molar-refractivity contribution in [3.63, 3.8) is 0 Å². The van der Waals surface area contributed by atoms with E-state index in [2.05, 4.69) is 44.3 Å². The van der Waals surface area contributed by atoms with Crippen LogP contribution in [0.15, 0.2) is 66.5 Å². The molecule has 2 aromatic carbocycles. The van der Waals surface area contributed by atoms with E-state index >= 15 is 4.39 Å². The lowest BCUT2D eigenvalue weighted by molar-refractivity contribution is -0.123. The number of halogens is 1. The van der Waals surface area contributed by atoms with Gasteiger partial charge in [0, 0.05) is 31.0 Å². The van der Waals surface area contributed by atoms with Crippen molar-refractivity contribution in [1.29, 1.82) is 0 Å². The molecule has 2 saturated heterocycles. The summed E-state index contributed by atoms with van der Waals surface area (Å²) in [7, 11) is 0. The SMILES string of the molecule is Cc1cccc(F)c1C(=O)N1CCC[C@H](C(=O)Nc2cccc(C(C)(C)C)c2)[C@@H]1C1C=CC(OC2CCOCC2)=CC1. The first-order valence-electron chi connectivity index (χ1n) is 15.2. The van der Waals surface area contributed by atoms with Crippen LogP contribution in [0.2, 0.25) is 0 Å². The van der Waals surface area contributed by atoms with Gasteiger partial charge in [0.05, 0.1) is 30.7 Å². The monoisotopic (exact) mass is 574 g/mol. The Hall–Kier alpha value is -3.45. The van der Waals surface area contributed by atoms with Gasteiger partial charge in [0.25, 0.3) is 5.91 Å². The zero-order valence-electron chi connectivity index (χ0n) is 25.2. The predicted molar refractivity (Wildman–Crippen MR) is 163 cm³/mol. The van der Waals surface area contributed by atoms with Crippen LogP contribution in [0.1, 0.15) is 74.4 Å². The molecule has 3 atom stereocenters. The number of hydrogen-bond donors (Lipinski definition) is 1. The van der Waals surface area contributed by atoms with Crippen LogP contribution in [0.3, 0.4) is 0 Å². The van der Waals surface area contributed by atoms with Crippen LogP contribution in [-0.2, 0) is 19.7 Å². The number of benzene rings is 2. The van der Waals surface area contributed by atoms with Gasteiger partial charge in [0.2, 0.25) is 5.91 Å². The highest BCUT2D eigenvalue weighted by Gasteiger charge is 2.43. The molecule has 2 aromatic rings. The van der Waals surface area contributed by atoms with E-state index in [4.69, 9.17) is 9.47 Å². The van der Waals surface area contributed by atoms with Crippen LogP contribution in [0.25, 0.3) is 0 Å². The van der Waals surface area contributed by atoms with Crippen molar-refractivity contribution in [3.05, 3.63) is 89.0 Å². The number of aryl methyl sites for hydroxylation is 1. The second kappa shape index (κ2) is 12.8. The highest BCUT2D eigenvalue weighted by Crippen LogP contribution is 2.37. The summed E-state index contributed by atoms with van der Waals surface area (Å²) >= 11 is 0. The number of likely N-dealkylation sites (tertiary alicyclic amines) is 1. The van der Waals surface area contributed by atoms with E-state index in [1.54, 1.807) is 24.0 Å². The van der Waals surface area contributed by atoms with Crippen molar-refractivity contribution in [2.75, 3.05) is 25.1 Å². The number of allylic oxidation sites excluding steroid dienone is 2. The van der Waals surface area contributed by atoms with Crippen molar-refractivity contribution >= 4 is 17.5 Å². The van der Waals surface area contributed by atoms with Crippen LogP contribution >= 0.6 is 0 Å². The molecule has 5 rings (SSSR count). The second-order valence-electron chi connectivity index (χ2n) is 12.8. The lowest BCUT2D eigenvalue weighted by atomic mass is 9.77. The normalized spacial score (nSPS) is 23.3. The molecule has 2 heterocycles. The third kappa shape index (κ3) is 6.78. The van der Waals surface area contributed by atoms with E-state index in [0.29, 0.717) is 44.6 Å². The zero-order chi connectivity index (χ0) is 29.9. The second-order valence-corrected chi connectivity index (χ2v) is 12.8. The van der Waals surface area contributed by atoms with Crippen LogP contribution in [0, 0.1) is 24.6 Å². The molecular formula is C35H43FN2O4. The zero-order valence-corrected chi connectivity index (χ0v) is 25.2. The maximum absolute atomic E-state index is 15.0. The van der Waals surface area contributed by atoms with Crippen LogP contribution in [-0.4, -0.2) is 48.6 Å². The summed E-state index contributed by atoms with van der Waals surface area (Å²) in [5.41, 5.74) is 2.49. The van der Waals surface area contributed by atoms with E-state index in [1.807, 2.05) is 24.3 Å². The lowest BCUT2D eigenvalue weighted by Crippen LogP contribution is -2.55. The van der Waals surface area contributed by atoms with Crippen LogP contribution < -0.4 is 5.32 Å². The standard InChI is InChI=1S/C35H43FN2O4/c1-23-8-5-12-30(36)31(23)34(40)38-19-7-11-29(33(39)37-26-10-6-9-25(22-26)35(2,3)4)32(38)24-13-15-27(16-14-24)42-28-17-20-41-21-18-28/h5-6,8-10,12-13,15-16,22,24,28-29,32H,7,11,14,17-21H2,1-4H3,(H,37,39)/t24?,29-,32-/m0/s1. The van der Waals surface area contributed by atoms with Crippen molar-refractivity contribution in [1.82, 2.24) is 4.90 Å². The Balaban J connectivity index is 1.41. The van der Waals surface area contributed by atoms with Crippen molar-refractivity contribution in [3.8, 4) is 0 Å². The Morgan fingerprint density at radius 2 is 1.83 bits per heavy atom. The number of rotatable bonds is 6. The van der Waals surface area contributed by atoms with E-state index in [1.165, 1.54) is 6.07 Å². The molecule has 2 fully saturated rings. The fourth-order valence-corrected chi connectivity index (χ4v) is 6.36. The summed E-state index contributed by atoms with van der Waals surface area (Å²) in [4.78, 5) is 29.7. The molecule has 0 aromatic heterocycles. The number of nitrogens with one attached hydrogen (secondary N) is 1. The molecule has 3 aliphatic rings. The number of hydrogen-bond acceptors (Lipinski definition) is 4. The van der Waals surface area contributed by atoms with Gasteiger partial charge in [0.1, 0.15) is 17.7 Å². The topological polar surface area (TPSA) is 67.9 Å². The highest BCUT2D eigenvalue weighted by molar-refractivity contribution is 5.98. The van der Waals surface area contributed by atoms with Gasteiger partial charge in [-0.15, -0.1) is 0 Å². The van der Waals surface area contributed by atoms with Gasteiger partial charge in [-0.1, -0.05) is 51.1 Å². The largest absolute Gasteiger partial charge is 0.491 e. The quantitative estimate of drug-likeness (QED) is 0.406. The Morgan fingerprint density at radius 3 is 2.52 bits per heavy atom. The molecular weight excluding hydrogens is 531 g/mol. The molecule has 0 saturated carbocycles. The fourth-order valence-electron chi connectivity index (χ4n) is 6.36. The first kappa shape index (κ1) is 30.0. The average Bonchev–Trinajstić information content (AvgIpc) is 2.97. The molecule has 6 nitrogen and oxygen atoms in total. The number of piperidine rings is 1. The molecule has 1 aliphatic carbocycles. The fraction of sp³-hybridized carbons (Fsp3) is 0.486. The molecule has 1 N–H and O–H groups in total. The number of carbonyl (C=O) groups is 2. The van der Waals surface area contributed by atoms with Gasteiger partial charge in [-0.25, -0.2) is 4.39 Å². The Labute approximate surface area is 249 Å². The number of carbonyl (C=O) groups excluding carboxylic acids is 2. The van der Waals surface area contributed by atoms with Gasteiger partial charge in [-0.05, 0) is 73.1 Å². The highest BCUT2D eigenvalue weighted by atomic mass is 19.1. The number of ether oxygens (including phenoxy) is 2. The third-order valence-electron chi connectivity index (χ3n) is 8.72. The summed E-state index contributed by atoms with van der Waals surface area (Å²) in [6, 6.07) is 12.2. The molecule has 2 aliphatic heterocycles. The van der Waals surface area contributed by atoms with Crippen molar-refractivity contribution in [2.24, 2.45) is 11.8 Å². The summed E-state index contributed by atoms with van der Waals surface area (Å²) in [5.74, 6) is -0.749. The van der Waals surface area contributed by atoms with Crippen molar-refractivity contribution in [2.45, 2.75) is 77.4 Å². The lowest BCUT2D eigenvalue weighted by Gasteiger charge is -2.44. The average molecular weight is 575 g/mol. The van der Waals surface area contributed by atoms with E-state index < -0.39 is 17.8 Å². The summed E-state index contributed by atoms with van der Waals surface area (Å²) < 4.78 is 26.7. The van der Waals surface area contributed by atoms with Crippen molar-refractivity contribution < 1.29 is 23.5 Å². The Kier molecular flexibility index (Phi) is 9.16. The minimum Gasteiger partial charge on any atom is -0.491 e. The minimum absolute atomic E-state index is 0.0569. The molecule has 1 unspecified atom stereocenters. The first-order chi connectivity index (χ1) is 20.1. The van der Waals surface area contributed by atoms with Gasteiger partial charge in [-0.3, -0.25) is 9.59 Å². The van der Waals surface area contributed by atoms with Gasteiger partial charge in [-0.2, -0.15) is 0 Å². The minimum atomic E-state index is -0.532. The number of nitrogens with zero attached hydrogens (tertiary/aromatic N) is 1. The maximum atomic E-state index is 15.0. The smallest absolute Gasteiger partial charge is 0.257 e. The predicted octanol–water partition coefficient (Wildman–Crippen LogP) is 6.95. The van der Waals surface area contributed by atoms with Gasteiger partial charge < -0.3 is 19.7 Å². The summed E-state index contributed by atoms with van der Waals surface area (Å²) in [5, 5.41) is 3.15. The number of anilines is 1. The Morgan fingerprint density at radius 1 is 1.07 bits per heavy atom.